The van der Waals surface area contributed by atoms with E-state index in [-0.39, 0.29) is 0 Å². The summed E-state index contributed by atoms with van der Waals surface area (Å²) in [7, 11) is 0. The van der Waals surface area contributed by atoms with Gasteiger partial charge in [-0.05, 0) is 12.1 Å². The van der Waals surface area contributed by atoms with E-state index in [1.807, 2.05) is 0 Å². The summed E-state index contributed by atoms with van der Waals surface area (Å²) in [4.78, 5) is 0. The Morgan fingerprint density at radius 3 is 2.23 bits per heavy atom. The van der Waals surface area contributed by atoms with E-state index in [0.29, 0.717) is 4.47 Å². The van der Waals surface area contributed by atoms with Crippen molar-refractivity contribution in [1.29, 1.82) is 0 Å². The van der Waals surface area contributed by atoms with Crippen LogP contribution in [0.1, 0.15) is 5.56 Å². The molecule has 1 rings (SSSR count). The van der Waals surface area contributed by atoms with Gasteiger partial charge in [0.05, 0.1) is 0 Å². The molecule has 0 aliphatic heterocycles. The quantitative estimate of drug-likeness (QED) is 0.701. The second-order valence-electron chi connectivity index (χ2n) is 2.39. The highest BCUT2D eigenvalue weighted by atomic mass is 79.9. The van der Waals surface area contributed by atoms with Crippen LogP contribution in [0.5, 0.6) is 5.75 Å². The summed E-state index contributed by atoms with van der Waals surface area (Å²) in [6.45, 7) is 0. The van der Waals surface area contributed by atoms with Gasteiger partial charge in [0.15, 0.2) is 0 Å². The van der Waals surface area contributed by atoms with Crippen molar-refractivity contribution in [3.05, 3.63) is 22.2 Å². The van der Waals surface area contributed by atoms with Gasteiger partial charge in [-0.3, -0.25) is 0 Å². The van der Waals surface area contributed by atoms with Gasteiger partial charge in [-0.1, -0.05) is 15.9 Å². The van der Waals surface area contributed by atoms with E-state index in [0.717, 1.165) is 12.1 Å². The lowest BCUT2D eigenvalue weighted by molar-refractivity contribution is -0.138. The number of phenolic OH excluding ortho intramolecular Hbond substituents is 1. The van der Waals surface area contributed by atoms with Crippen LogP contribution in [0.2, 0.25) is 0 Å². The Morgan fingerprint density at radius 1 is 1.31 bits per heavy atom. The van der Waals surface area contributed by atoms with Crippen LogP contribution in [-0.2, 0) is 6.18 Å². The minimum Gasteiger partial charge on any atom is -0.507 e. The van der Waals surface area contributed by atoms with Crippen molar-refractivity contribution in [3.63, 3.8) is 0 Å². The van der Waals surface area contributed by atoms with E-state index < -0.39 is 23.2 Å². The summed E-state index contributed by atoms with van der Waals surface area (Å²) in [6.07, 6.45) is -4.63. The molecule has 3 N–H and O–H groups in total. The molecule has 0 radical (unpaired) electrons. The van der Waals surface area contributed by atoms with E-state index in [1.165, 1.54) is 0 Å². The van der Waals surface area contributed by atoms with E-state index in [4.69, 9.17) is 10.8 Å². The van der Waals surface area contributed by atoms with Gasteiger partial charge in [0.2, 0.25) is 0 Å². The van der Waals surface area contributed by atoms with Gasteiger partial charge in [0.1, 0.15) is 11.3 Å². The van der Waals surface area contributed by atoms with E-state index in [9.17, 15) is 13.2 Å². The first-order valence-electron chi connectivity index (χ1n) is 3.17. The largest absolute Gasteiger partial charge is 0.507 e. The number of alkyl halides is 3. The molecule has 0 aliphatic rings. The molecule has 6 heteroatoms. The third kappa shape index (κ3) is 2.06. The van der Waals surface area contributed by atoms with Crippen molar-refractivity contribution in [2.75, 3.05) is 5.73 Å². The summed E-state index contributed by atoms with van der Waals surface area (Å²) in [5.74, 6) is -0.876. The lowest BCUT2D eigenvalue weighted by Gasteiger charge is -2.11. The molecule has 13 heavy (non-hydrogen) atoms. The highest BCUT2D eigenvalue weighted by molar-refractivity contribution is 9.10. The van der Waals surface area contributed by atoms with Gasteiger partial charge in [0.25, 0.3) is 0 Å². The fourth-order valence-electron chi connectivity index (χ4n) is 0.922. The molecule has 2 nitrogen and oxygen atoms in total. The van der Waals surface area contributed by atoms with Crippen LogP contribution >= 0.6 is 15.9 Å². The van der Waals surface area contributed by atoms with Gasteiger partial charge < -0.3 is 10.8 Å². The Bertz CT molecular complexity index is 314. The molecule has 0 saturated carbocycles. The Hall–Kier alpha value is -0.910. The molecule has 0 aromatic heterocycles. The topological polar surface area (TPSA) is 46.2 Å². The van der Waals surface area contributed by atoms with Crippen LogP contribution in [0, 0.1) is 0 Å². The third-order valence-electron chi connectivity index (χ3n) is 1.40. The number of anilines is 1. The first-order chi connectivity index (χ1) is 5.82. The molecule has 0 saturated heterocycles. The van der Waals surface area contributed by atoms with E-state index >= 15 is 0 Å². The number of phenols is 1. The number of benzene rings is 1. The molecule has 0 atom stereocenters. The molecular formula is C7H5BrF3NO. The number of hydrogen-bond acceptors (Lipinski definition) is 2. The van der Waals surface area contributed by atoms with Gasteiger partial charge in [-0.25, -0.2) is 0 Å². The molecule has 72 valence electrons. The minimum atomic E-state index is -4.63. The normalized spacial score (nSPS) is 11.7. The van der Waals surface area contributed by atoms with Crippen molar-refractivity contribution < 1.29 is 18.3 Å². The predicted octanol–water partition coefficient (Wildman–Crippen LogP) is 2.76. The van der Waals surface area contributed by atoms with Crippen LogP contribution < -0.4 is 5.73 Å². The molecule has 1 aromatic carbocycles. The average molecular weight is 256 g/mol. The SMILES string of the molecule is Nc1cc(Br)cc(O)c1C(F)(F)F. The number of nitrogens with two attached hydrogens (primary N) is 1. The second-order valence-corrected chi connectivity index (χ2v) is 3.30. The van der Waals surface area contributed by atoms with Crippen LogP contribution in [0.4, 0.5) is 18.9 Å². The summed E-state index contributed by atoms with van der Waals surface area (Å²) < 4.78 is 36.9. The highest BCUT2D eigenvalue weighted by Crippen LogP contribution is 2.41. The first kappa shape index (κ1) is 10.2. The number of rotatable bonds is 0. The first-order valence-corrected chi connectivity index (χ1v) is 3.97. The molecular weight excluding hydrogens is 251 g/mol. The van der Waals surface area contributed by atoms with Gasteiger partial charge >= 0.3 is 6.18 Å². The zero-order chi connectivity index (χ0) is 10.2. The Balaban J connectivity index is 3.38. The molecule has 0 spiro atoms. The van der Waals surface area contributed by atoms with Crippen molar-refractivity contribution in [3.8, 4) is 5.75 Å². The summed E-state index contributed by atoms with van der Waals surface area (Å²) in [6, 6.07) is 2.03. The van der Waals surface area contributed by atoms with E-state index in [1.54, 1.807) is 0 Å². The van der Waals surface area contributed by atoms with Crippen molar-refractivity contribution in [2.24, 2.45) is 0 Å². The van der Waals surface area contributed by atoms with Gasteiger partial charge in [0, 0.05) is 10.2 Å². The molecule has 0 amide bonds. The third-order valence-corrected chi connectivity index (χ3v) is 1.85. The maximum Gasteiger partial charge on any atom is 0.421 e. The summed E-state index contributed by atoms with van der Waals surface area (Å²) in [5, 5.41) is 8.98. The number of nitrogen functional groups attached to an aromatic ring is 1. The zero-order valence-corrected chi connectivity index (χ0v) is 7.78. The maximum absolute atomic E-state index is 12.2. The highest BCUT2D eigenvalue weighted by Gasteiger charge is 2.36. The van der Waals surface area contributed by atoms with Gasteiger partial charge in [-0.15, -0.1) is 0 Å². The smallest absolute Gasteiger partial charge is 0.421 e. The summed E-state index contributed by atoms with van der Waals surface area (Å²) >= 11 is 2.91. The van der Waals surface area contributed by atoms with Crippen molar-refractivity contribution in [1.82, 2.24) is 0 Å². The lowest BCUT2D eigenvalue weighted by atomic mass is 10.1. The molecule has 0 unspecified atom stereocenters. The van der Waals surface area contributed by atoms with Crippen LogP contribution in [0.15, 0.2) is 16.6 Å². The predicted molar refractivity (Wildman–Crippen MR) is 45.2 cm³/mol. The van der Waals surface area contributed by atoms with Crippen LogP contribution in [0.3, 0.4) is 0 Å². The van der Waals surface area contributed by atoms with Crippen LogP contribution in [-0.4, -0.2) is 5.11 Å². The van der Waals surface area contributed by atoms with Gasteiger partial charge in [-0.2, -0.15) is 13.2 Å². The molecule has 0 fully saturated rings. The second kappa shape index (κ2) is 3.10. The standard InChI is InChI=1S/C7H5BrF3NO/c8-3-1-4(12)6(5(13)2-3)7(9,10)11/h1-2,13H,12H2. The Morgan fingerprint density at radius 2 is 1.85 bits per heavy atom. The van der Waals surface area contributed by atoms with Crippen molar-refractivity contribution >= 4 is 21.6 Å². The molecule has 0 aliphatic carbocycles. The Labute approximate surface area is 80.3 Å². The number of halogens is 4. The molecule has 0 heterocycles. The fraction of sp³-hybridized carbons (Fsp3) is 0.143. The van der Waals surface area contributed by atoms with E-state index in [2.05, 4.69) is 15.9 Å². The number of hydrogen-bond donors (Lipinski definition) is 2. The Kier molecular flexibility index (Phi) is 2.42. The monoisotopic (exact) mass is 255 g/mol. The lowest BCUT2D eigenvalue weighted by Crippen LogP contribution is -2.09. The maximum atomic E-state index is 12.2. The number of aromatic hydroxyl groups is 1. The fourth-order valence-corrected chi connectivity index (χ4v) is 1.39. The molecule has 1 aromatic rings. The van der Waals surface area contributed by atoms with Crippen LogP contribution in [0.25, 0.3) is 0 Å². The molecule has 0 bridgehead atoms. The summed E-state index contributed by atoms with van der Waals surface area (Å²) in [5.41, 5.74) is 3.40. The van der Waals surface area contributed by atoms with Crippen molar-refractivity contribution in [2.45, 2.75) is 6.18 Å². The minimum absolute atomic E-state index is 0.301. The average Bonchev–Trinajstić information content (AvgIpc) is 1.78. The zero-order valence-electron chi connectivity index (χ0n) is 6.19.